The van der Waals surface area contributed by atoms with Crippen LogP contribution in [0.25, 0.3) is 11.0 Å². The third kappa shape index (κ3) is 1.90. The summed E-state index contributed by atoms with van der Waals surface area (Å²) in [4.78, 5) is 8.14. The number of aliphatic hydroxyl groups is 1. The minimum atomic E-state index is -0.728. The molecule has 0 aromatic carbocycles. The van der Waals surface area contributed by atoms with Crippen molar-refractivity contribution in [2.24, 2.45) is 0 Å². The van der Waals surface area contributed by atoms with Gasteiger partial charge >= 0.3 is 0 Å². The average Bonchev–Trinajstić information content (AvgIpc) is 3.10. The smallest absolute Gasteiger partial charge is 0.164 e. The van der Waals surface area contributed by atoms with Gasteiger partial charge in [0, 0.05) is 0 Å². The summed E-state index contributed by atoms with van der Waals surface area (Å²) in [5.74, 6) is -0.432. The van der Waals surface area contributed by atoms with E-state index in [-0.39, 0.29) is 18.8 Å². The number of hydrogen-bond acceptors (Lipinski definition) is 8. The molecule has 0 amide bonds. The molecule has 2 aliphatic heterocycles. The number of nitrogen functional groups attached to an aromatic ring is 1. The summed E-state index contributed by atoms with van der Waals surface area (Å²) in [5.41, 5.74) is 7.53. The van der Waals surface area contributed by atoms with E-state index in [1.54, 1.807) is 0 Å². The third-order valence-corrected chi connectivity index (χ3v) is 4.01. The van der Waals surface area contributed by atoms with Gasteiger partial charge in [0.2, 0.25) is 0 Å². The van der Waals surface area contributed by atoms with Crippen LogP contribution in [-0.2, 0) is 14.2 Å². The summed E-state index contributed by atoms with van der Waals surface area (Å²) in [7, 11) is 0. The number of nitrogens with one attached hydrogen (secondary N) is 1. The predicted octanol–water partition coefficient (Wildman–Crippen LogP) is -0.113. The molecule has 4 N–H and O–H groups in total. The lowest BCUT2D eigenvalue weighted by molar-refractivity contribution is -0.191. The van der Waals surface area contributed by atoms with Gasteiger partial charge in [0.1, 0.15) is 36.3 Å². The summed E-state index contributed by atoms with van der Waals surface area (Å²) < 4.78 is 17.7. The minimum absolute atomic E-state index is 0.152. The number of aromatic nitrogens is 4. The second-order valence-corrected chi connectivity index (χ2v) is 5.94. The van der Waals surface area contributed by atoms with Crippen LogP contribution in [0, 0.1) is 0 Å². The fourth-order valence-electron chi connectivity index (χ4n) is 3.13. The van der Waals surface area contributed by atoms with Crippen LogP contribution in [0.4, 0.5) is 5.82 Å². The normalized spacial score (nSPS) is 33.4. The number of fused-ring (bicyclic) bond motifs is 2. The molecule has 4 heterocycles. The van der Waals surface area contributed by atoms with Gasteiger partial charge in [-0.25, -0.2) is 9.97 Å². The molecule has 9 heteroatoms. The Morgan fingerprint density at radius 1 is 1.27 bits per heavy atom. The van der Waals surface area contributed by atoms with Crippen LogP contribution in [0.5, 0.6) is 0 Å². The zero-order chi connectivity index (χ0) is 15.5. The fraction of sp³-hybridized carbons (Fsp3) is 0.615. The molecule has 2 aliphatic rings. The standard InChI is InChI=1S/C13H17N5O4/c1-13(2)21-9-5(3-19)20-10(11(9)22-13)7-6-8(18-17-7)12(14)16-4-15-6/h4-5,9-11,19H,3H2,1-2H3,(H,17,18)(H2,14,15,16)/t5-,9-,10?,11-/m1/s1. The second kappa shape index (κ2) is 4.59. The molecule has 0 radical (unpaired) electrons. The van der Waals surface area contributed by atoms with Crippen LogP contribution < -0.4 is 5.73 Å². The summed E-state index contributed by atoms with van der Waals surface area (Å²) in [6.45, 7) is 3.52. The van der Waals surface area contributed by atoms with E-state index in [9.17, 15) is 5.11 Å². The van der Waals surface area contributed by atoms with Crippen molar-refractivity contribution in [3.8, 4) is 0 Å². The maximum atomic E-state index is 9.52. The molecule has 2 fully saturated rings. The number of aliphatic hydroxyl groups excluding tert-OH is 1. The number of hydrogen-bond donors (Lipinski definition) is 3. The second-order valence-electron chi connectivity index (χ2n) is 5.94. The van der Waals surface area contributed by atoms with Crippen LogP contribution in [0.3, 0.4) is 0 Å². The molecule has 118 valence electrons. The summed E-state index contributed by atoms with van der Waals surface area (Å²) in [5, 5.41) is 16.6. The lowest BCUT2D eigenvalue weighted by Gasteiger charge is -2.23. The molecule has 0 spiro atoms. The molecule has 9 nitrogen and oxygen atoms in total. The van der Waals surface area contributed by atoms with Gasteiger partial charge in [0.05, 0.1) is 12.3 Å². The Hall–Kier alpha value is -1.81. The van der Waals surface area contributed by atoms with Crippen molar-refractivity contribution in [2.45, 2.75) is 44.1 Å². The molecule has 22 heavy (non-hydrogen) atoms. The van der Waals surface area contributed by atoms with E-state index in [1.807, 2.05) is 13.8 Å². The third-order valence-electron chi connectivity index (χ3n) is 4.01. The number of ether oxygens (including phenoxy) is 3. The van der Waals surface area contributed by atoms with Crippen molar-refractivity contribution in [1.29, 1.82) is 0 Å². The Morgan fingerprint density at radius 3 is 2.82 bits per heavy atom. The van der Waals surface area contributed by atoms with E-state index in [0.29, 0.717) is 22.5 Å². The van der Waals surface area contributed by atoms with Gasteiger partial charge in [-0.1, -0.05) is 0 Å². The first-order valence-electron chi connectivity index (χ1n) is 7.06. The SMILES string of the molecule is CC1(C)O[C@@H]2[C@@H](CO)OC(c3[nH]nc4c(N)ncnc34)[C@@H]2O1. The van der Waals surface area contributed by atoms with Crippen LogP contribution in [0.15, 0.2) is 6.33 Å². The van der Waals surface area contributed by atoms with Crippen LogP contribution in [0.1, 0.15) is 25.6 Å². The van der Waals surface area contributed by atoms with Gasteiger partial charge in [0.15, 0.2) is 17.1 Å². The van der Waals surface area contributed by atoms with Crippen LogP contribution in [-0.4, -0.2) is 56.0 Å². The summed E-state index contributed by atoms with van der Waals surface area (Å²) in [6.07, 6.45) is -0.255. The van der Waals surface area contributed by atoms with Crippen LogP contribution >= 0.6 is 0 Å². The molecular formula is C13H17N5O4. The van der Waals surface area contributed by atoms with Gasteiger partial charge in [-0.2, -0.15) is 5.10 Å². The number of aromatic amines is 1. The predicted molar refractivity (Wildman–Crippen MR) is 74.6 cm³/mol. The number of H-pyrrole nitrogens is 1. The van der Waals surface area contributed by atoms with E-state index in [1.165, 1.54) is 6.33 Å². The monoisotopic (exact) mass is 307 g/mol. The maximum Gasteiger partial charge on any atom is 0.164 e. The van der Waals surface area contributed by atoms with E-state index in [0.717, 1.165) is 0 Å². The highest BCUT2D eigenvalue weighted by Gasteiger charge is 2.56. The number of nitrogens with zero attached hydrogens (tertiary/aromatic N) is 3. The van der Waals surface area contributed by atoms with E-state index in [4.69, 9.17) is 19.9 Å². The largest absolute Gasteiger partial charge is 0.394 e. The Kier molecular flexibility index (Phi) is 2.89. The highest BCUT2D eigenvalue weighted by Crippen LogP contribution is 2.45. The van der Waals surface area contributed by atoms with Gasteiger partial charge in [0.25, 0.3) is 0 Å². The van der Waals surface area contributed by atoms with E-state index in [2.05, 4.69) is 20.2 Å². The molecular weight excluding hydrogens is 290 g/mol. The fourth-order valence-corrected chi connectivity index (χ4v) is 3.13. The van der Waals surface area contributed by atoms with Crippen LogP contribution in [0.2, 0.25) is 0 Å². The van der Waals surface area contributed by atoms with Gasteiger partial charge in [-0.3, -0.25) is 5.10 Å². The highest BCUT2D eigenvalue weighted by molar-refractivity contribution is 5.85. The molecule has 4 atom stereocenters. The quantitative estimate of drug-likeness (QED) is 0.701. The summed E-state index contributed by atoms with van der Waals surface area (Å²) >= 11 is 0. The van der Waals surface area contributed by atoms with E-state index < -0.39 is 18.0 Å². The van der Waals surface area contributed by atoms with Crippen molar-refractivity contribution in [3.63, 3.8) is 0 Å². The number of nitrogens with two attached hydrogens (primary N) is 1. The highest BCUT2D eigenvalue weighted by atomic mass is 16.8. The van der Waals surface area contributed by atoms with Crippen molar-refractivity contribution in [1.82, 2.24) is 20.2 Å². The van der Waals surface area contributed by atoms with Crippen molar-refractivity contribution in [3.05, 3.63) is 12.0 Å². The van der Waals surface area contributed by atoms with Gasteiger partial charge in [-0.15, -0.1) is 0 Å². The average molecular weight is 307 g/mol. The molecule has 0 aliphatic carbocycles. The molecule has 2 aromatic rings. The number of anilines is 1. The summed E-state index contributed by atoms with van der Waals surface area (Å²) in [6, 6.07) is 0. The first kappa shape index (κ1) is 13.8. The lowest BCUT2D eigenvalue weighted by Crippen LogP contribution is -2.31. The molecule has 2 aromatic heterocycles. The van der Waals surface area contributed by atoms with Crippen molar-refractivity contribution < 1.29 is 19.3 Å². The topological polar surface area (TPSA) is 128 Å². The Morgan fingerprint density at radius 2 is 2.05 bits per heavy atom. The molecule has 0 saturated carbocycles. The Labute approximate surface area is 125 Å². The lowest BCUT2D eigenvalue weighted by atomic mass is 10.1. The van der Waals surface area contributed by atoms with Gasteiger partial charge < -0.3 is 25.1 Å². The molecule has 1 unspecified atom stereocenters. The molecule has 2 saturated heterocycles. The number of rotatable bonds is 2. The first-order valence-corrected chi connectivity index (χ1v) is 7.06. The molecule has 0 bridgehead atoms. The zero-order valence-corrected chi connectivity index (χ0v) is 12.2. The first-order chi connectivity index (χ1) is 10.5. The van der Waals surface area contributed by atoms with Crippen molar-refractivity contribution >= 4 is 16.9 Å². The van der Waals surface area contributed by atoms with Gasteiger partial charge in [-0.05, 0) is 13.8 Å². The zero-order valence-electron chi connectivity index (χ0n) is 12.2. The minimum Gasteiger partial charge on any atom is -0.394 e. The Bertz CT molecular complexity index is 718. The maximum absolute atomic E-state index is 9.52. The Balaban J connectivity index is 1.77. The molecule has 4 rings (SSSR count). The van der Waals surface area contributed by atoms with E-state index >= 15 is 0 Å². The van der Waals surface area contributed by atoms with Crippen molar-refractivity contribution in [2.75, 3.05) is 12.3 Å².